The van der Waals surface area contributed by atoms with Gasteiger partial charge >= 0.3 is 0 Å². The van der Waals surface area contributed by atoms with E-state index in [4.69, 9.17) is 11.6 Å². The lowest BCUT2D eigenvalue weighted by molar-refractivity contribution is -0.142. The van der Waals surface area contributed by atoms with E-state index in [1.807, 2.05) is 12.1 Å². The van der Waals surface area contributed by atoms with Crippen LogP contribution >= 0.6 is 11.6 Å². The zero-order valence-electron chi connectivity index (χ0n) is 11.3. The van der Waals surface area contributed by atoms with Gasteiger partial charge in [0.25, 0.3) is 0 Å². The van der Waals surface area contributed by atoms with Crippen molar-refractivity contribution in [3.05, 3.63) is 29.3 Å². The maximum atomic E-state index is 11.6. The third-order valence-corrected chi connectivity index (χ3v) is 3.72. The van der Waals surface area contributed by atoms with E-state index in [9.17, 15) is 14.4 Å². The molecule has 5 nitrogen and oxygen atoms in total. The molecule has 1 aromatic rings. The Morgan fingerprint density at radius 2 is 1.95 bits per heavy atom. The fraction of sp³-hybridized carbons (Fsp3) is 0.357. The van der Waals surface area contributed by atoms with Crippen LogP contribution in [-0.4, -0.2) is 29.2 Å². The number of nitrogens with zero attached hydrogens (tertiary/aromatic N) is 1. The molecule has 0 aliphatic carbocycles. The standard InChI is InChI=1S/C14H15ClN2O3/c1-8(18)17(9(2)19)7-6-10-4-3-5-11-12(10)13(15)14(20)16-11/h3-5,13H,6-7H2,1-2H3,(H,16,20). The number of hydrogen-bond acceptors (Lipinski definition) is 3. The van der Waals surface area contributed by atoms with Crippen LogP contribution in [0.5, 0.6) is 0 Å². The molecule has 1 unspecified atom stereocenters. The van der Waals surface area contributed by atoms with Crippen molar-refractivity contribution in [3.8, 4) is 0 Å². The van der Waals surface area contributed by atoms with Crippen molar-refractivity contribution in [3.63, 3.8) is 0 Å². The van der Waals surface area contributed by atoms with Crippen molar-refractivity contribution in [2.45, 2.75) is 25.6 Å². The van der Waals surface area contributed by atoms with Gasteiger partial charge in [-0.15, -0.1) is 11.6 Å². The average molecular weight is 295 g/mol. The van der Waals surface area contributed by atoms with Crippen LogP contribution in [0.4, 0.5) is 5.69 Å². The van der Waals surface area contributed by atoms with E-state index in [1.54, 1.807) is 6.07 Å². The second-order valence-corrected chi connectivity index (χ2v) is 5.11. The highest BCUT2D eigenvalue weighted by molar-refractivity contribution is 6.35. The molecule has 0 saturated carbocycles. The van der Waals surface area contributed by atoms with Gasteiger partial charge in [-0.25, -0.2) is 0 Å². The number of rotatable bonds is 3. The Bertz CT molecular complexity index is 572. The summed E-state index contributed by atoms with van der Waals surface area (Å²) in [6.45, 7) is 2.98. The van der Waals surface area contributed by atoms with Crippen LogP contribution in [0.25, 0.3) is 0 Å². The number of fused-ring (bicyclic) bond motifs is 1. The Balaban J connectivity index is 2.20. The molecule has 0 saturated heterocycles. The number of halogens is 1. The van der Waals surface area contributed by atoms with Gasteiger partial charge in [0.1, 0.15) is 5.38 Å². The molecule has 1 heterocycles. The van der Waals surface area contributed by atoms with Gasteiger partial charge in [-0.1, -0.05) is 12.1 Å². The van der Waals surface area contributed by atoms with Gasteiger partial charge < -0.3 is 5.32 Å². The minimum Gasteiger partial charge on any atom is -0.324 e. The lowest BCUT2D eigenvalue weighted by Gasteiger charge is -2.18. The number of amides is 3. The highest BCUT2D eigenvalue weighted by atomic mass is 35.5. The van der Waals surface area contributed by atoms with Gasteiger partial charge in [0.05, 0.1) is 0 Å². The number of imide groups is 1. The summed E-state index contributed by atoms with van der Waals surface area (Å²) in [4.78, 5) is 35.5. The fourth-order valence-electron chi connectivity index (χ4n) is 2.34. The molecule has 0 aromatic heterocycles. The van der Waals surface area contributed by atoms with Crippen LogP contribution in [0.15, 0.2) is 18.2 Å². The van der Waals surface area contributed by atoms with E-state index in [1.165, 1.54) is 18.7 Å². The van der Waals surface area contributed by atoms with Crippen molar-refractivity contribution in [1.29, 1.82) is 0 Å². The van der Waals surface area contributed by atoms with E-state index in [2.05, 4.69) is 5.32 Å². The van der Waals surface area contributed by atoms with Crippen LogP contribution in [0, 0.1) is 0 Å². The molecule has 3 amide bonds. The zero-order chi connectivity index (χ0) is 14.9. The summed E-state index contributed by atoms with van der Waals surface area (Å²) in [7, 11) is 0. The Kier molecular flexibility index (Phi) is 4.09. The fourth-order valence-corrected chi connectivity index (χ4v) is 2.65. The molecular formula is C14H15ClN2O3. The van der Waals surface area contributed by atoms with Crippen LogP contribution in [-0.2, 0) is 20.8 Å². The van der Waals surface area contributed by atoms with E-state index >= 15 is 0 Å². The first-order valence-electron chi connectivity index (χ1n) is 6.27. The van der Waals surface area contributed by atoms with Crippen LogP contribution in [0.3, 0.4) is 0 Å². The normalized spacial score (nSPS) is 16.6. The summed E-state index contributed by atoms with van der Waals surface area (Å²) in [5.41, 5.74) is 2.31. The van der Waals surface area contributed by atoms with Crippen molar-refractivity contribution in [2.24, 2.45) is 0 Å². The Labute approximate surface area is 121 Å². The minimum atomic E-state index is -0.718. The number of alkyl halides is 1. The Morgan fingerprint density at radius 1 is 1.30 bits per heavy atom. The van der Waals surface area contributed by atoms with E-state index in [0.717, 1.165) is 11.1 Å². The van der Waals surface area contributed by atoms with Crippen molar-refractivity contribution >= 4 is 35.0 Å². The number of anilines is 1. The molecule has 0 fully saturated rings. The van der Waals surface area contributed by atoms with Gasteiger partial charge in [0.2, 0.25) is 17.7 Å². The summed E-state index contributed by atoms with van der Waals surface area (Å²) in [6.07, 6.45) is 0.473. The molecule has 6 heteroatoms. The summed E-state index contributed by atoms with van der Waals surface area (Å²) in [6, 6.07) is 5.45. The number of carbonyl (C=O) groups excluding carboxylic acids is 3. The van der Waals surface area contributed by atoms with Crippen LogP contribution in [0.2, 0.25) is 0 Å². The third kappa shape index (κ3) is 2.67. The highest BCUT2D eigenvalue weighted by Gasteiger charge is 2.30. The molecule has 1 aliphatic heterocycles. The van der Waals surface area contributed by atoms with Gasteiger partial charge in [0.15, 0.2) is 0 Å². The lowest BCUT2D eigenvalue weighted by atomic mass is 10.0. The second-order valence-electron chi connectivity index (χ2n) is 4.67. The first-order chi connectivity index (χ1) is 9.41. The quantitative estimate of drug-likeness (QED) is 0.865. The smallest absolute Gasteiger partial charge is 0.247 e. The van der Waals surface area contributed by atoms with E-state index in [-0.39, 0.29) is 24.3 Å². The molecular weight excluding hydrogens is 280 g/mol. The van der Waals surface area contributed by atoms with Crippen LogP contribution in [0.1, 0.15) is 30.4 Å². The predicted molar refractivity (Wildman–Crippen MR) is 75.4 cm³/mol. The van der Waals surface area contributed by atoms with Crippen molar-refractivity contribution in [1.82, 2.24) is 4.90 Å². The molecule has 20 heavy (non-hydrogen) atoms. The first-order valence-corrected chi connectivity index (χ1v) is 6.71. The molecule has 1 N–H and O–H groups in total. The second kappa shape index (κ2) is 5.63. The monoisotopic (exact) mass is 294 g/mol. The average Bonchev–Trinajstić information content (AvgIpc) is 2.65. The SMILES string of the molecule is CC(=O)N(CCc1cccc2c1C(Cl)C(=O)N2)C(C)=O. The van der Waals surface area contributed by atoms with Crippen LogP contribution < -0.4 is 5.32 Å². The maximum absolute atomic E-state index is 11.6. The maximum Gasteiger partial charge on any atom is 0.247 e. The summed E-state index contributed by atoms with van der Waals surface area (Å²) in [5, 5.41) is 1.98. The van der Waals surface area contributed by atoms with E-state index < -0.39 is 5.38 Å². The van der Waals surface area contributed by atoms with Crippen molar-refractivity contribution < 1.29 is 14.4 Å². The van der Waals surface area contributed by atoms with Gasteiger partial charge in [0, 0.05) is 31.6 Å². The number of benzene rings is 1. The lowest BCUT2D eigenvalue weighted by Crippen LogP contribution is -2.35. The van der Waals surface area contributed by atoms with Gasteiger partial charge in [-0.3, -0.25) is 19.3 Å². The third-order valence-electron chi connectivity index (χ3n) is 3.30. The molecule has 106 valence electrons. The summed E-state index contributed by atoms with van der Waals surface area (Å²) in [5.74, 6) is -0.826. The first kappa shape index (κ1) is 14.5. The molecule has 1 atom stereocenters. The molecule has 0 radical (unpaired) electrons. The predicted octanol–water partition coefficient (Wildman–Crippen LogP) is 1.86. The minimum absolute atomic E-state index is 0.246. The zero-order valence-corrected chi connectivity index (χ0v) is 12.0. The molecule has 2 rings (SSSR count). The molecule has 1 aromatic carbocycles. The number of hydrogen-bond donors (Lipinski definition) is 1. The summed E-state index contributed by atoms with van der Waals surface area (Å²) < 4.78 is 0. The molecule has 0 bridgehead atoms. The topological polar surface area (TPSA) is 66.5 Å². The Hall–Kier alpha value is -1.88. The van der Waals surface area contributed by atoms with Gasteiger partial charge in [-0.05, 0) is 18.1 Å². The molecule has 1 aliphatic rings. The van der Waals surface area contributed by atoms with E-state index in [0.29, 0.717) is 12.1 Å². The summed E-state index contributed by atoms with van der Waals surface area (Å²) >= 11 is 6.08. The Morgan fingerprint density at radius 3 is 2.55 bits per heavy atom. The highest BCUT2D eigenvalue weighted by Crippen LogP contribution is 2.37. The largest absolute Gasteiger partial charge is 0.324 e. The van der Waals surface area contributed by atoms with Crippen molar-refractivity contribution in [2.75, 3.05) is 11.9 Å². The molecule has 0 spiro atoms. The van der Waals surface area contributed by atoms with Gasteiger partial charge in [-0.2, -0.15) is 0 Å². The number of nitrogens with one attached hydrogen (secondary N) is 1. The number of carbonyl (C=O) groups is 3.